The molecule has 118 valence electrons. The van der Waals surface area contributed by atoms with Crippen LogP contribution in [0, 0.1) is 0 Å². The number of carboxylic acid groups (broad SMARTS) is 1. The predicted octanol–water partition coefficient (Wildman–Crippen LogP) is 0.0785. The maximum absolute atomic E-state index is 12.5. The monoisotopic (exact) mass is 327 g/mol. The van der Waals surface area contributed by atoms with Crippen LogP contribution in [0.25, 0.3) is 0 Å². The highest BCUT2D eigenvalue weighted by molar-refractivity contribution is 7.92. The Labute approximate surface area is 119 Å². The Morgan fingerprint density at radius 2 is 1.70 bits per heavy atom. The fourth-order valence-electron chi connectivity index (χ4n) is 2.18. The van der Waals surface area contributed by atoms with Gasteiger partial charge in [0, 0.05) is 5.54 Å². The molecule has 1 rings (SSSR count). The molecular weight excluding hydrogens is 306 g/mol. The Morgan fingerprint density at radius 1 is 1.25 bits per heavy atom. The molecule has 1 aliphatic heterocycles. The maximum Gasteiger partial charge on any atom is 0.318 e. The number of sulfone groups is 1. The SMILES string of the molecule is CC(C)(C)N(CC(=O)O)S(=O)(=O)C1CCS(=O)(=O)CC1. The van der Waals surface area contributed by atoms with Gasteiger partial charge in [-0.3, -0.25) is 4.79 Å². The Kier molecular flexibility index (Phi) is 4.87. The van der Waals surface area contributed by atoms with Gasteiger partial charge in [0.25, 0.3) is 0 Å². The lowest BCUT2D eigenvalue weighted by Gasteiger charge is -2.37. The summed E-state index contributed by atoms with van der Waals surface area (Å²) in [7, 11) is -7.00. The number of aliphatic carboxylic acids is 1. The molecule has 1 N–H and O–H groups in total. The molecule has 0 aliphatic carbocycles. The Hall–Kier alpha value is -0.670. The van der Waals surface area contributed by atoms with E-state index in [1.54, 1.807) is 20.8 Å². The molecule has 0 amide bonds. The second-order valence-electron chi connectivity index (χ2n) is 5.97. The van der Waals surface area contributed by atoms with Crippen molar-refractivity contribution in [3.05, 3.63) is 0 Å². The van der Waals surface area contributed by atoms with Crippen molar-refractivity contribution in [3.63, 3.8) is 0 Å². The lowest BCUT2D eigenvalue weighted by atomic mass is 10.1. The second-order valence-corrected chi connectivity index (χ2v) is 10.4. The standard InChI is InChI=1S/C11H21NO6S2/c1-11(2,3)12(8-10(13)14)20(17,18)9-4-6-19(15,16)7-5-9/h9H,4-8H2,1-3H3,(H,13,14). The summed E-state index contributed by atoms with van der Waals surface area (Å²) in [4.78, 5) is 10.9. The average Bonchev–Trinajstić information content (AvgIpc) is 2.23. The van der Waals surface area contributed by atoms with Crippen molar-refractivity contribution in [3.8, 4) is 0 Å². The average molecular weight is 327 g/mol. The van der Waals surface area contributed by atoms with Gasteiger partial charge in [0.15, 0.2) is 0 Å². The zero-order valence-electron chi connectivity index (χ0n) is 11.9. The van der Waals surface area contributed by atoms with Crippen LogP contribution in [0.15, 0.2) is 0 Å². The summed E-state index contributed by atoms with van der Waals surface area (Å²) in [5.74, 6) is -1.56. The zero-order chi connectivity index (χ0) is 15.8. The van der Waals surface area contributed by atoms with Gasteiger partial charge in [-0.1, -0.05) is 0 Å². The van der Waals surface area contributed by atoms with Crippen molar-refractivity contribution in [2.24, 2.45) is 0 Å². The van der Waals surface area contributed by atoms with E-state index in [1.807, 2.05) is 0 Å². The highest BCUT2D eigenvalue weighted by atomic mass is 32.2. The third kappa shape index (κ3) is 4.16. The predicted molar refractivity (Wildman–Crippen MR) is 74.7 cm³/mol. The highest BCUT2D eigenvalue weighted by Gasteiger charge is 2.41. The van der Waals surface area contributed by atoms with Gasteiger partial charge in [0.2, 0.25) is 10.0 Å². The van der Waals surface area contributed by atoms with Crippen molar-refractivity contribution in [1.82, 2.24) is 4.31 Å². The number of rotatable bonds is 4. The first-order valence-electron chi connectivity index (χ1n) is 6.30. The van der Waals surface area contributed by atoms with E-state index in [2.05, 4.69) is 0 Å². The second kappa shape index (κ2) is 5.61. The van der Waals surface area contributed by atoms with Crippen molar-refractivity contribution in [1.29, 1.82) is 0 Å². The molecule has 1 aliphatic rings. The van der Waals surface area contributed by atoms with Crippen LogP contribution >= 0.6 is 0 Å². The van der Waals surface area contributed by atoms with Gasteiger partial charge in [-0.25, -0.2) is 16.8 Å². The molecule has 7 nitrogen and oxygen atoms in total. The zero-order valence-corrected chi connectivity index (χ0v) is 13.5. The lowest BCUT2D eigenvalue weighted by Crippen LogP contribution is -2.52. The molecule has 20 heavy (non-hydrogen) atoms. The van der Waals surface area contributed by atoms with E-state index in [0.29, 0.717) is 0 Å². The van der Waals surface area contributed by atoms with Crippen LogP contribution in [-0.2, 0) is 24.7 Å². The molecule has 0 atom stereocenters. The molecule has 1 saturated heterocycles. The lowest BCUT2D eigenvalue weighted by molar-refractivity contribution is -0.138. The van der Waals surface area contributed by atoms with E-state index in [9.17, 15) is 21.6 Å². The molecular formula is C11H21NO6S2. The van der Waals surface area contributed by atoms with E-state index < -0.39 is 43.2 Å². The third-order valence-corrected chi connectivity index (χ3v) is 7.58. The summed E-state index contributed by atoms with van der Waals surface area (Å²) in [5.41, 5.74) is -0.868. The van der Waals surface area contributed by atoms with E-state index in [-0.39, 0.29) is 24.3 Å². The van der Waals surface area contributed by atoms with Crippen LogP contribution in [-0.4, -0.2) is 61.1 Å². The van der Waals surface area contributed by atoms with Crippen LogP contribution in [0.1, 0.15) is 33.6 Å². The normalized spacial score (nSPS) is 21.0. The van der Waals surface area contributed by atoms with Gasteiger partial charge in [-0.05, 0) is 33.6 Å². The summed E-state index contributed by atoms with van der Waals surface area (Å²) in [6, 6.07) is 0. The molecule has 1 heterocycles. The molecule has 0 bridgehead atoms. The van der Waals surface area contributed by atoms with Gasteiger partial charge in [0.05, 0.1) is 16.8 Å². The number of nitrogens with zero attached hydrogens (tertiary/aromatic N) is 1. The smallest absolute Gasteiger partial charge is 0.318 e. The van der Waals surface area contributed by atoms with Crippen molar-refractivity contribution < 1.29 is 26.7 Å². The van der Waals surface area contributed by atoms with Crippen LogP contribution in [0.5, 0.6) is 0 Å². The van der Waals surface area contributed by atoms with Crippen molar-refractivity contribution >= 4 is 25.8 Å². The van der Waals surface area contributed by atoms with Gasteiger partial charge in [0.1, 0.15) is 16.4 Å². The Bertz CT molecular complexity index is 559. The molecule has 0 saturated carbocycles. The van der Waals surface area contributed by atoms with Crippen LogP contribution in [0.4, 0.5) is 0 Å². The van der Waals surface area contributed by atoms with E-state index in [1.165, 1.54) is 0 Å². The van der Waals surface area contributed by atoms with Crippen molar-refractivity contribution in [2.75, 3.05) is 18.1 Å². The molecule has 9 heteroatoms. The van der Waals surface area contributed by atoms with Crippen LogP contribution in [0.3, 0.4) is 0 Å². The molecule has 1 fully saturated rings. The molecule has 0 unspecified atom stereocenters. The van der Waals surface area contributed by atoms with Gasteiger partial charge >= 0.3 is 5.97 Å². The number of sulfonamides is 1. The Balaban J connectivity index is 3.03. The Morgan fingerprint density at radius 3 is 2.05 bits per heavy atom. The minimum Gasteiger partial charge on any atom is -0.480 e. The molecule has 0 aromatic rings. The molecule has 0 aromatic heterocycles. The maximum atomic E-state index is 12.5. The van der Waals surface area contributed by atoms with Gasteiger partial charge < -0.3 is 5.11 Å². The first-order valence-corrected chi connectivity index (χ1v) is 9.62. The number of hydrogen-bond acceptors (Lipinski definition) is 5. The number of carboxylic acids is 1. The van der Waals surface area contributed by atoms with E-state index in [4.69, 9.17) is 5.11 Å². The van der Waals surface area contributed by atoms with E-state index in [0.717, 1.165) is 4.31 Å². The minimum absolute atomic E-state index is 0.0247. The number of carbonyl (C=O) groups is 1. The summed E-state index contributed by atoms with van der Waals surface area (Å²) >= 11 is 0. The quantitative estimate of drug-likeness (QED) is 0.783. The van der Waals surface area contributed by atoms with Gasteiger partial charge in [-0.2, -0.15) is 4.31 Å². The van der Waals surface area contributed by atoms with Gasteiger partial charge in [-0.15, -0.1) is 0 Å². The fourth-order valence-corrected chi connectivity index (χ4v) is 6.21. The number of hydrogen-bond donors (Lipinski definition) is 1. The van der Waals surface area contributed by atoms with Crippen LogP contribution < -0.4 is 0 Å². The largest absolute Gasteiger partial charge is 0.480 e. The molecule has 0 spiro atoms. The summed E-state index contributed by atoms with van der Waals surface area (Å²) in [6.45, 7) is 4.24. The first-order chi connectivity index (χ1) is 8.86. The molecule has 0 radical (unpaired) electrons. The first kappa shape index (κ1) is 17.4. The fraction of sp³-hybridized carbons (Fsp3) is 0.909. The summed E-state index contributed by atoms with van der Waals surface area (Å²) in [5, 5.41) is 8.06. The van der Waals surface area contributed by atoms with Crippen LogP contribution in [0.2, 0.25) is 0 Å². The highest BCUT2D eigenvalue weighted by Crippen LogP contribution is 2.27. The topological polar surface area (TPSA) is 109 Å². The summed E-state index contributed by atoms with van der Waals surface area (Å²) in [6.07, 6.45) is 0.0493. The minimum atomic E-state index is -3.84. The van der Waals surface area contributed by atoms with Crippen molar-refractivity contribution in [2.45, 2.75) is 44.4 Å². The summed E-state index contributed by atoms with van der Waals surface area (Å²) < 4.78 is 48.8. The van der Waals surface area contributed by atoms with E-state index >= 15 is 0 Å². The third-order valence-electron chi connectivity index (χ3n) is 3.26. The molecule has 0 aromatic carbocycles.